The molecule has 7 nitrogen and oxygen atoms in total. The molecule has 0 saturated carbocycles. The maximum Gasteiger partial charge on any atom is 0.288 e. The summed E-state index contributed by atoms with van der Waals surface area (Å²) in [4.78, 5) is 17.3. The van der Waals surface area contributed by atoms with Crippen LogP contribution in [0.2, 0.25) is 0 Å². The van der Waals surface area contributed by atoms with Crippen molar-refractivity contribution in [2.24, 2.45) is 0 Å². The molecule has 0 aliphatic carbocycles. The highest BCUT2D eigenvalue weighted by molar-refractivity contribution is 7.71. The van der Waals surface area contributed by atoms with Gasteiger partial charge in [-0.05, 0) is 43.3 Å². The van der Waals surface area contributed by atoms with Gasteiger partial charge < -0.3 is 9.73 Å². The van der Waals surface area contributed by atoms with Gasteiger partial charge in [-0.1, -0.05) is 32.9 Å². The van der Waals surface area contributed by atoms with Gasteiger partial charge in [0.05, 0.1) is 13.2 Å². The van der Waals surface area contributed by atoms with Crippen LogP contribution in [-0.2, 0) is 16.9 Å². The van der Waals surface area contributed by atoms with Crippen LogP contribution in [0.15, 0.2) is 22.6 Å². The summed E-state index contributed by atoms with van der Waals surface area (Å²) in [6.07, 6.45) is 0. The Morgan fingerprint density at radius 1 is 1.17 bits per heavy atom. The van der Waals surface area contributed by atoms with E-state index >= 15 is 0 Å². The van der Waals surface area contributed by atoms with Crippen molar-refractivity contribution in [3.05, 3.63) is 40.1 Å². The number of nitrogens with zero attached hydrogens (tertiary/aromatic N) is 4. The van der Waals surface area contributed by atoms with E-state index in [1.165, 1.54) is 5.56 Å². The molecule has 1 aromatic heterocycles. The van der Waals surface area contributed by atoms with Crippen LogP contribution in [-0.4, -0.2) is 58.2 Å². The number of carbonyl (C=O) groups excluding carboxylic acids is 1. The fourth-order valence-electron chi connectivity index (χ4n) is 3.26. The number of nitrogens with one attached hydrogen (secondary N) is 1. The number of piperazine rings is 1. The molecular weight excluding hydrogens is 386 g/mol. The Morgan fingerprint density at radius 3 is 2.45 bits per heavy atom. The lowest BCUT2D eigenvalue weighted by Gasteiger charge is -2.33. The molecule has 0 atom stereocenters. The molecule has 1 N–H and O–H groups in total. The molecular formula is C21H31N5O2S. The van der Waals surface area contributed by atoms with Gasteiger partial charge in [-0.15, -0.1) is 5.10 Å². The average molecular weight is 418 g/mol. The van der Waals surface area contributed by atoms with Crippen LogP contribution in [0, 0.1) is 18.7 Å². The van der Waals surface area contributed by atoms with Crippen molar-refractivity contribution in [2.75, 3.05) is 38.0 Å². The first-order valence-electron chi connectivity index (χ1n) is 10.0. The van der Waals surface area contributed by atoms with Crippen LogP contribution in [0.25, 0.3) is 0 Å². The zero-order valence-corrected chi connectivity index (χ0v) is 18.8. The van der Waals surface area contributed by atoms with Crippen LogP contribution in [0.1, 0.15) is 37.8 Å². The Morgan fingerprint density at radius 2 is 1.83 bits per heavy atom. The molecule has 0 radical (unpaired) electrons. The van der Waals surface area contributed by atoms with E-state index in [4.69, 9.17) is 16.6 Å². The molecule has 29 heavy (non-hydrogen) atoms. The van der Waals surface area contributed by atoms with E-state index in [2.05, 4.69) is 54.0 Å². The number of rotatable bonds is 5. The summed E-state index contributed by atoms with van der Waals surface area (Å²) in [7, 11) is 0. The number of amides is 1. The topological polar surface area (TPSA) is 66.5 Å². The molecule has 1 aromatic carbocycles. The van der Waals surface area contributed by atoms with Crippen molar-refractivity contribution >= 4 is 23.8 Å². The second-order valence-corrected chi connectivity index (χ2v) is 9.10. The van der Waals surface area contributed by atoms with Crippen LogP contribution >= 0.6 is 12.2 Å². The second kappa shape index (κ2) is 8.77. The fraction of sp³-hybridized carbons (Fsp3) is 0.571. The van der Waals surface area contributed by atoms with Crippen molar-refractivity contribution in [1.29, 1.82) is 0 Å². The quantitative estimate of drug-likeness (QED) is 0.753. The van der Waals surface area contributed by atoms with Crippen LogP contribution < -0.4 is 5.32 Å². The molecule has 8 heteroatoms. The Kier molecular flexibility index (Phi) is 6.55. The first-order chi connectivity index (χ1) is 13.6. The van der Waals surface area contributed by atoms with Crippen molar-refractivity contribution in [2.45, 2.75) is 46.7 Å². The highest BCUT2D eigenvalue weighted by atomic mass is 32.1. The zero-order valence-electron chi connectivity index (χ0n) is 18.0. The SMILES string of the molecule is Cc1cccc(NC(=O)CN2CCN(Cn3nc(C(C)(C)C)oc3=S)CC2)c1C. The second-order valence-electron chi connectivity index (χ2n) is 8.75. The van der Waals surface area contributed by atoms with E-state index in [1.54, 1.807) is 4.68 Å². The molecule has 1 aliphatic heterocycles. The molecule has 2 aromatic rings. The maximum atomic E-state index is 12.5. The number of anilines is 1. The van der Waals surface area contributed by atoms with Gasteiger partial charge in [-0.2, -0.15) is 0 Å². The summed E-state index contributed by atoms with van der Waals surface area (Å²) in [6.45, 7) is 14.6. The summed E-state index contributed by atoms with van der Waals surface area (Å²) in [5.74, 6) is 0.685. The molecule has 1 saturated heterocycles. The van der Waals surface area contributed by atoms with E-state index in [0.29, 0.717) is 23.9 Å². The third-order valence-corrected chi connectivity index (χ3v) is 5.59. The van der Waals surface area contributed by atoms with Gasteiger partial charge in [0.15, 0.2) is 0 Å². The summed E-state index contributed by atoms with van der Waals surface area (Å²) in [5.41, 5.74) is 3.02. The number of hydrogen-bond acceptors (Lipinski definition) is 6. The number of hydrogen-bond donors (Lipinski definition) is 1. The van der Waals surface area contributed by atoms with Crippen molar-refractivity contribution < 1.29 is 9.21 Å². The minimum atomic E-state index is -0.166. The predicted octanol–water partition coefficient (Wildman–Crippen LogP) is 3.33. The predicted molar refractivity (Wildman–Crippen MR) is 117 cm³/mol. The number of carbonyl (C=O) groups is 1. The number of aromatic nitrogens is 2. The van der Waals surface area contributed by atoms with E-state index in [9.17, 15) is 4.79 Å². The van der Waals surface area contributed by atoms with Gasteiger partial charge in [-0.3, -0.25) is 14.6 Å². The largest absolute Gasteiger partial charge is 0.413 e. The third-order valence-electron chi connectivity index (χ3n) is 5.29. The summed E-state index contributed by atoms with van der Waals surface area (Å²) < 4.78 is 7.39. The molecule has 0 bridgehead atoms. The van der Waals surface area contributed by atoms with Crippen molar-refractivity contribution in [3.8, 4) is 0 Å². The van der Waals surface area contributed by atoms with E-state index in [0.717, 1.165) is 37.4 Å². The lowest BCUT2D eigenvalue weighted by atomic mass is 9.97. The number of benzene rings is 1. The minimum absolute atomic E-state index is 0.0284. The van der Waals surface area contributed by atoms with Gasteiger partial charge in [0, 0.05) is 37.3 Å². The Balaban J connectivity index is 1.49. The lowest BCUT2D eigenvalue weighted by Crippen LogP contribution is -2.49. The van der Waals surface area contributed by atoms with Crippen molar-refractivity contribution in [1.82, 2.24) is 19.6 Å². The number of aryl methyl sites for hydroxylation is 1. The Hall–Kier alpha value is -2.03. The van der Waals surface area contributed by atoms with Crippen LogP contribution in [0.5, 0.6) is 0 Å². The Labute approximate surface area is 177 Å². The van der Waals surface area contributed by atoms with Crippen LogP contribution in [0.4, 0.5) is 5.69 Å². The first-order valence-corrected chi connectivity index (χ1v) is 10.4. The zero-order chi connectivity index (χ0) is 21.2. The normalized spacial score (nSPS) is 16.2. The highest BCUT2D eigenvalue weighted by Gasteiger charge is 2.24. The smallest absolute Gasteiger partial charge is 0.288 e. The van der Waals surface area contributed by atoms with Crippen molar-refractivity contribution in [3.63, 3.8) is 0 Å². The van der Waals surface area contributed by atoms with Gasteiger partial charge in [-0.25, -0.2) is 4.68 Å². The molecule has 1 aliphatic rings. The molecule has 0 unspecified atom stereocenters. The fourth-order valence-corrected chi connectivity index (χ4v) is 3.43. The monoisotopic (exact) mass is 417 g/mol. The minimum Gasteiger partial charge on any atom is -0.413 e. The molecule has 2 heterocycles. The van der Waals surface area contributed by atoms with E-state index in [1.807, 2.05) is 19.1 Å². The molecule has 3 rings (SSSR count). The van der Waals surface area contributed by atoms with E-state index in [-0.39, 0.29) is 11.3 Å². The summed E-state index contributed by atoms with van der Waals surface area (Å²) >= 11 is 5.32. The van der Waals surface area contributed by atoms with Gasteiger partial charge in [0.25, 0.3) is 4.84 Å². The Bertz CT molecular complexity index is 920. The maximum absolute atomic E-state index is 12.5. The highest BCUT2D eigenvalue weighted by Crippen LogP contribution is 2.21. The summed E-state index contributed by atoms with van der Waals surface area (Å²) in [5, 5.41) is 7.57. The van der Waals surface area contributed by atoms with Crippen LogP contribution in [0.3, 0.4) is 0 Å². The third kappa shape index (κ3) is 5.52. The van der Waals surface area contributed by atoms with Gasteiger partial charge >= 0.3 is 0 Å². The first kappa shape index (κ1) is 21.7. The lowest BCUT2D eigenvalue weighted by molar-refractivity contribution is -0.117. The molecule has 1 amide bonds. The molecule has 158 valence electrons. The standard InChI is InChI=1S/C21H31N5O2S/c1-15-7-6-8-17(16(15)2)22-18(27)13-24-9-11-25(12-10-24)14-26-20(29)28-19(23-26)21(3,4)5/h6-8H,9-14H2,1-5H3,(H,22,27). The van der Waals surface area contributed by atoms with Gasteiger partial charge in [0.1, 0.15) is 0 Å². The average Bonchev–Trinajstić information content (AvgIpc) is 3.02. The van der Waals surface area contributed by atoms with E-state index < -0.39 is 0 Å². The van der Waals surface area contributed by atoms with Gasteiger partial charge in [0.2, 0.25) is 11.8 Å². The summed E-state index contributed by atoms with van der Waals surface area (Å²) in [6, 6.07) is 5.97. The molecule has 0 spiro atoms. The molecule has 1 fully saturated rings.